The van der Waals surface area contributed by atoms with Gasteiger partial charge in [-0.25, -0.2) is 4.79 Å². The first-order chi connectivity index (χ1) is 6.40. The van der Waals surface area contributed by atoms with Crippen LogP contribution in [-0.2, 0) is 9.59 Å². The fourth-order valence-electron chi connectivity index (χ4n) is 0.994. The van der Waals surface area contributed by atoms with Gasteiger partial charge in [0.15, 0.2) is 0 Å². The summed E-state index contributed by atoms with van der Waals surface area (Å²) in [6.45, 7) is 7.23. The summed E-state index contributed by atoms with van der Waals surface area (Å²) in [5, 5.41) is 11.4. The van der Waals surface area contributed by atoms with Crippen LogP contribution in [0.1, 0.15) is 34.1 Å². The first kappa shape index (κ1) is 12.9. The summed E-state index contributed by atoms with van der Waals surface area (Å²) in [5.74, 6) is -1.39. The van der Waals surface area contributed by atoms with Gasteiger partial charge in [-0.3, -0.25) is 4.79 Å². The molecule has 0 aromatic carbocycles. The van der Waals surface area contributed by atoms with Crippen molar-refractivity contribution in [3.8, 4) is 0 Å². The van der Waals surface area contributed by atoms with E-state index in [4.69, 9.17) is 5.11 Å². The molecule has 2 N–H and O–H groups in total. The Morgan fingerprint density at radius 2 is 1.79 bits per heavy atom. The summed E-state index contributed by atoms with van der Waals surface area (Å²) >= 11 is 0. The van der Waals surface area contributed by atoms with Gasteiger partial charge in [0.1, 0.15) is 6.04 Å². The van der Waals surface area contributed by atoms with Gasteiger partial charge < -0.3 is 10.4 Å². The summed E-state index contributed by atoms with van der Waals surface area (Å²) < 4.78 is 0. The van der Waals surface area contributed by atoms with E-state index >= 15 is 0 Å². The maximum Gasteiger partial charge on any atom is 0.326 e. The summed E-state index contributed by atoms with van der Waals surface area (Å²) in [5.41, 5.74) is 0. The Balaban J connectivity index is 4.31. The molecule has 4 heteroatoms. The van der Waals surface area contributed by atoms with E-state index in [1.807, 2.05) is 6.92 Å². The second-order valence-corrected chi connectivity index (χ2v) is 3.88. The van der Waals surface area contributed by atoms with E-state index < -0.39 is 12.0 Å². The Kier molecular flexibility index (Phi) is 5.20. The van der Waals surface area contributed by atoms with Gasteiger partial charge in [-0.2, -0.15) is 0 Å². The van der Waals surface area contributed by atoms with Crippen LogP contribution in [0.4, 0.5) is 0 Å². The normalized spacial score (nSPS) is 14.9. The zero-order chi connectivity index (χ0) is 11.3. The number of carbonyl (C=O) groups excluding carboxylic acids is 1. The van der Waals surface area contributed by atoms with Crippen molar-refractivity contribution in [2.45, 2.75) is 40.2 Å². The Morgan fingerprint density at radius 1 is 1.29 bits per heavy atom. The SMILES string of the molecule is CC[C@H](C)C(=O)N[C@@H](C(=O)O)C(C)C. The molecule has 0 aliphatic carbocycles. The number of aliphatic carboxylic acids is 1. The van der Waals surface area contributed by atoms with Crippen molar-refractivity contribution < 1.29 is 14.7 Å². The first-order valence-corrected chi connectivity index (χ1v) is 4.93. The standard InChI is InChI=1S/C10H19NO3/c1-5-7(4)9(12)11-8(6(2)3)10(13)14/h6-8H,5H2,1-4H3,(H,11,12)(H,13,14)/t7-,8+/m0/s1. The highest BCUT2D eigenvalue weighted by Crippen LogP contribution is 2.05. The van der Waals surface area contributed by atoms with Gasteiger partial charge in [-0.05, 0) is 12.3 Å². The molecule has 0 rings (SSSR count). The molecule has 0 aliphatic heterocycles. The van der Waals surface area contributed by atoms with Crippen molar-refractivity contribution in [1.29, 1.82) is 0 Å². The minimum atomic E-state index is -0.975. The molecule has 0 aromatic heterocycles. The van der Waals surface area contributed by atoms with E-state index in [0.717, 1.165) is 6.42 Å². The lowest BCUT2D eigenvalue weighted by Crippen LogP contribution is -2.46. The number of carboxylic acid groups (broad SMARTS) is 1. The van der Waals surface area contributed by atoms with Crippen LogP contribution < -0.4 is 5.32 Å². The van der Waals surface area contributed by atoms with Gasteiger partial charge in [0, 0.05) is 5.92 Å². The van der Waals surface area contributed by atoms with Gasteiger partial charge in [0.25, 0.3) is 0 Å². The summed E-state index contributed by atoms with van der Waals surface area (Å²) in [6, 6.07) is -0.781. The predicted octanol–water partition coefficient (Wildman–Crippen LogP) is 1.26. The van der Waals surface area contributed by atoms with Crippen LogP contribution in [0.15, 0.2) is 0 Å². The second-order valence-electron chi connectivity index (χ2n) is 3.88. The number of amides is 1. The fraction of sp³-hybridized carbons (Fsp3) is 0.800. The number of nitrogens with one attached hydrogen (secondary N) is 1. The lowest BCUT2D eigenvalue weighted by Gasteiger charge is -2.19. The Hall–Kier alpha value is -1.06. The monoisotopic (exact) mass is 201 g/mol. The fourth-order valence-corrected chi connectivity index (χ4v) is 0.994. The number of hydrogen-bond donors (Lipinski definition) is 2. The molecule has 0 unspecified atom stereocenters. The van der Waals surface area contributed by atoms with E-state index in [-0.39, 0.29) is 17.7 Å². The van der Waals surface area contributed by atoms with Crippen molar-refractivity contribution >= 4 is 11.9 Å². The molecule has 0 fully saturated rings. The smallest absolute Gasteiger partial charge is 0.326 e. The van der Waals surface area contributed by atoms with Crippen LogP contribution in [-0.4, -0.2) is 23.0 Å². The van der Waals surface area contributed by atoms with Crippen LogP contribution >= 0.6 is 0 Å². The van der Waals surface area contributed by atoms with E-state index in [2.05, 4.69) is 5.32 Å². The molecule has 0 spiro atoms. The molecular formula is C10H19NO3. The summed E-state index contributed by atoms with van der Waals surface area (Å²) in [6.07, 6.45) is 0.719. The molecule has 0 aromatic rings. The third-order valence-corrected chi connectivity index (χ3v) is 2.29. The van der Waals surface area contributed by atoms with E-state index in [1.54, 1.807) is 20.8 Å². The highest BCUT2D eigenvalue weighted by atomic mass is 16.4. The molecule has 82 valence electrons. The third-order valence-electron chi connectivity index (χ3n) is 2.29. The Morgan fingerprint density at radius 3 is 2.07 bits per heavy atom. The van der Waals surface area contributed by atoms with Crippen LogP contribution in [0, 0.1) is 11.8 Å². The zero-order valence-corrected chi connectivity index (χ0v) is 9.20. The minimum absolute atomic E-state index is 0.0968. The van der Waals surface area contributed by atoms with Gasteiger partial charge in [0.05, 0.1) is 0 Å². The van der Waals surface area contributed by atoms with Crippen LogP contribution in [0.3, 0.4) is 0 Å². The highest BCUT2D eigenvalue weighted by molar-refractivity contribution is 5.84. The van der Waals surface area contributed by atoms with Crippen molar-refractivity contribution in [3.05, 3.63) is 0 Å². The average molecular weight is 201 g/mol. The van der Waals surface area contributed by atoms with Crippen molar-refractivity contribution in [2.24, 2.45) is 11.8 Å². The van der Waals surface area contributed by atoms with Crippen LogP contribution in [0.2, 0.25) is 0 Å². The second kappa shape index (κ2) is 5.62. The maximum atomic E-state index is 11.4. The Labute approximate surface area is 84.7 Å². The minimum Gasteiger partial charge on any atom is -0.480 e. The average Bonchev–Trinajstić information content (AvgIpc) is 2.11. The van der Waals surface area contributed by atoms with Crippen LogP contribution in [0.25, 0.3) is 0 Å². The van der Waals surface area contributed by atoms with E-state index in [1.165, 1.54) is 0 Å². The van der Waals surface area contributed by atoms with E-state index in [9.17, 15) is 9.59 Å². The maximum absolute atomic E-state index is 11.4. The number of carboxylic acids is 1. The molecular weight excluding hydrogens is 182 g/mol. The van der Waals surface area contributed by atoms with Crippen molar-refractivity contribution in [2.75, 3.05) is 0 Å². The lowest BCUT2D eigenvalue weighted by atomic mass is 10.0. The molecule has 14 heavy (non-hydrogen) atoms. The van der Waals surface area contributed by atoms with Gasteiger partial charge in [-0.15, -0.1) is 0 Å². The van der Waals surface area contributed by atoms with Crippen molar-refractivity contribution in [1.82, 2.24) is 5.32 Å². The molecule has 0 saturated heterocycles. The van der Waals surface area contributed by atoms with Gasteiger partial charge in [-0.1, -0.05) is 27.7 Å². The predicted molar refractivity (Wildman–Crippen MR) is 53.9 cm³/mol. The number of hydrogen-bond acceptors (Lipinski definition) is 2. The number of rotatable bonds is 5. The van der Waals surface area contributed by atoms with Gasteiger partial charge >= 0.3 is 5.97 Å². The first-order valence-electron chi connectivity index (χ1n) is 4.93. The molecule has 1 amide bonds. The van der Waals surface area contributed by atoms with Gasteiger partial charge in [0.2, 0.25) is 5.91 Å². The van der Waals surface area contributed by atoms with Crippen LogP contribution in [0.5, 0.6) is 0 Å². The Bertz CT molecular complexity index is 213. The third kappa shape index (κ3) is 3.77. The zero-order valence-electron chi connectivity index (χ0n) is 9.20. The highest BCUT2D eigenvalue weighted by Gasteiger charge is 2.24. The molecule has 0 bridgehead atoms. The lowest BCUT2D eigenvalue weighted by molar-refractivity contribution is -0.143. The molecule has 4 nitrogen and oxygen atoms in total. The quantitative estimate of drug-likeness (QED) is 0.703. The molecule has 0 radical (unpaired) electrons. The molecule has 0 aliphatic rings. The molecule has 0 heterocycles. The summed E-state index contributed by atoms with van der Waals surface area (Å²) in [4.78, 5) is 22.2. The molecule has 2 atom stereocenters. The summed E-state index contributed by atoms with van der Waals surface area (Å²) in [7, 11) is 0. The largest absolute Gasteiger partial charge is 0.480 e. The topological polar surface area (TPSA) is 66.4 Å². The van der Waals surface area contributed by atoms with E-state index in [0.29, 0.717) is 0 Å². The molecule has 0 saturated carbocycles. The number of carbonyl (C=O) groups is 2. The van der Waals surface area contributed by atoms with Crippen molar-refractivity contribution in [3.63, 3.8) is 0 Å².